The van der Waals surface area contributed by atoms with Crippen molar-refractivity contribution in [3.05, 3.63) is 29.8 Å². The molecule has 1 aliphatic rings. The second-order valence-corrected chi connectivity index (χ2v) is 5.61. The van der Waals surface area contributed by atoms with Crippen molar-refractivity contribution in [2.24, 2.45) is 11.8 Å². The fourth-order valence-corrected chi connectivity index (χ4v) is 2.94. The van der Waals surface area contributed by atoms with E-state index in [9.17, 15) is 4.79 Å². The minimum atomic E-state index is 0.230. The molecule has 2 N–H and O–H groups in total. The largest absolute Gasteiger partial charge is 0.399 e. The van der Waals surface area contributed by atoms with E-state index in [4.69, 9.17) is 5.73 Å². The molecule has 3 heteroatoms. The van der Waals surface area contributed by atoms with Gasteiger partial charge in [0.1, 0.15) is 0 Å². The molecule has 1 amide bonds. The lowest BCUT2D eigenvalue weighted by Gasteiger charge is -2.26. The van der Waals surface area contributed by atoms with Crippen molar-refractivity contribution in [2.45, 2.75) is 39.7 Å². The van der Waals surface area contributed by atoms with Crippen molar-refractivity contribution in [1.29, 1.82) is 0 Å². The normalized spacial score (nSPS) is 22.4. The van der Waals surface area contributed by atoms with Crippen LogP contribution in [0, 0.1) is 11.8 Å². The molecule has 0 bridgehead atoms. The molecule has 104 valence electrons. The molecule has 1 aromatic rings. The number of benzene rings is 1. The Bertz CT molecular complexity index is 427. The standard InChI is InChI=1S/C16H24N2O/c1-3-18(11-13-7-9-14(17)10-8-13)16(19)15-6-4-5-12(15)2/h7-10,12,15H,3-6,11,17H2,1-2H3. The molecule has 1 aromatic carbocycles. The van der Waals surface area contributed by atoms with Crippen LogP contribution in [0.4, 0.5) is 5.69 Å². The van der Waals surface area contributed by atoms with Crippen LogP contribution in [-0.2, 0) is 11.3 Å². The van der Waals surface area contributed by atoms with Crippen LogP contribution in [0.5, 0.6) is 0 Å². The summed E-state index contributed by atoms with van der Waals surface area (Å²) in [4.78, 5) is 14.5. The molecule has 2 rings (SSSR count). The molecule has 3 nitrogen and oxygen atoms in total. The van der Waals surface area contributed by atoms with E-state index in [0.717, 1.165) is 24.2 Å². The molecule has 0 aliphatic heterocycles. The fraction of sp³-hybridized carbons (Fsp3) is 0.562. The molecule has 0 radical (unpaired) electrons. The van der Waals surface area contributed by atoms with E-state index in [1.54, 1.807) is 0 Å². The lowest BCUT2D eigenvalue weighted by atomic mass is 9.96. The Morgan fingerprint density at radius 1 is 1.32 bits per heavy atom. The number of anilines is 1. The molecule has 0 aromatic heterocycles. The third-order valence-electron chi connectivity index (χ3n) is 4.23. The van der Waals surface area contributed by atoms with Gasteiger partial charge >= 0.3 is 0 Å². The van der Waals surface area contributed by atoms with Gasteiger partial charge in [0.15, 0.2) is 0 Å². The number of nitrogens with zero attached hydrogens (tertiary/aromatic N) is 1. The maximum atomic E-state index is 12.6. The van der Waals surface area contributed by atoms with E-state index in [1.165, 1.54) is 12.8 Å². The van der Waals surface area contributed by atoms with Crippen molar-refractivity contribution < 1.29 is 4.79 Å². The summed E-state index contributed by atoms with van der Waals surface area (Å²) >= 11 is 0. The molecule has 1 saturated carbocycles. The van der Waals surface area contributed by atoms with Crippen molar-refractivity contribution in [3.8, 4) is 0 Å². The lowest BCUT2D eigenvalue weighted by molar-refractivity contribution is -0.136. The average Bonchev–Trinajstić information content (AvgIpc) is 2.83. The summed E-state index contributed by atoms with van der Waals surface area (Å²) in [5.74, 6) is 1.09. The third kappa shape index (κ3) is 3.28. The average molecular weight is 260 g/mol. The number of rotatable bonds is 4. The van der Waals surface area contributed by atoms with Crippen LogP contribution in [0.1, 0.15) is 38.7 Å². The summed E-state index contributed by atoms with van der Waals surface area (Å²) in [5, 5.41) is 0. The van der Waals surface area contributed by atoms with Crippen molar-refractivity contribution >= 4 is 11.6 Å². The van der Waals surface area contributed by atoms with Crippen LogP contribution in [0.2, 0.25) is 0 Å². The predicted octanol–water partition coefficient (Wildman–Crippen LogP) is 3.05. The first-order chi connectivity index (χ1) is 9.11. The topological polar surface area (TPSA) is 46.3 Å². The number of hydrogen-bond donors (Lipinski definition) is 1. The van der Waals surface area contributed by atoms with E-state index >= 15 is 0 Å². The van der Waals surface area contributed by atoms with E-state index in [0.29, 0.717) is 18.4 Å². The molecular weight excluding hydrogens is 236 g/mol. The van der Waals surface area contributed by atoms with Gasteiger partial charge in [-0.15, -0.1) is 0 Å². The van der Waals surface area contributed by atoms with E-state index in [1.807, 2.05) is 29.2 Å². The lowest BCUT2D eigenvalue weighted by Crippen LogP contribution is -2.36. The van der Waals surface area contributed by atoms with Gasteiger partial charge in [0.05, 0.1) is 0 Å². The van der Waals surface area contributed by atoms with Gasteiger partial charge in [-0.3, -0.25) is 4.79 Å². The number of hydrogen-bond acceptors (Lipinski definition) is 2. The first kappa shape index (κ1) is 13.9. The zero-order valence-electron chi connectivity index (χ0n) is 11.9. The Morgan fingerprint density at radius 2 is 2.00 bits per heavy atom. The molecule has 0 spiro atoms. The number of nitrogens with two attached hydrogens (primary N) is 1. The summed E-state index contributed by atoms with van der Waals surface area (Å²) in [6.45, 7) is 5.71. The SMILES string of the molecule is CCN(Cc1ccc(N)cc1)C(=O)C1CCCC1C. The van der Waals surface area contributed by atoms with E-state index in [-0.39, 0.29) is 5.92 Å². The Balaban J connectivity index is 2.03. The van der Waals surface area contributed by atoms with E-state index in [2.05, 4.69) is 13.8 Å². The van der Waals surface area contributed by atoms with E-state index < -0.39 is 0 Å². The van der Waals surface area contributed by atoms with Gasteiger partial charge in [-0.05, 0) is 43.4 Å². The summed E-state index contributed by atoms with van der Waals surface area (Å²) in [7, 11) is 0. The fourth-order valence-electron chi connectivity index (χ4n) is 2.94. The molecule has 1 fully saturated rings. The smallest absolute Gasteiger partial charge is 0.226 e. The quantitative estimate of drug-likeness (QED) is 0.846. The highest BCUT2D eigenvalue weighted by Crippen LogP contribution is 2.32. The Morgan fingerprint density at radius 3 is 2.53 bits per heavy atom. The molecule has 2 atom stereocenters. The molecule has 0 heterocycles. The highest BCUT2D eigenvalue weighted by Gasteiger charge is 2.32. The minimum absolute atomic E-state index is 0.230. The second kappa shape index (κ2) is 6.09. The van der Waals surface area contributed by atoms with Crippen LogP contribution in [-0.4, -0.2) is 17.4 Å². The van der Waals surface area contributed by atoms with Crippen LogP contribution in [0.3, 0.4) is 0 Å². The van der Waals surface area contributed by atoms with Crippen molar-refractivity contribution in [2.75, 3.05) is 12.3 Å². The number of amides is 1. The molecule has 0 saturated heterocycles. The predicted molar refractivity (Wildman–Crippen MR) is 78.5 cm³/mol. The molecular formula is C16H24N2O. The first-order valence-electron chi connectivity index (χ1n) is 7.25. The van der Waals surface area contributed by atoms with Crippen LogP contribution in [0.25, 0.3) is 0 Å². The summed E-state index contributed by atoms with van der Waals surface area (Å²) in [6, 6.07) is 7.80. The highest BCUT2D eigenvalue weighted by molar-refractivity contribution is 5.79. The maximum Gasteiger partial charge on any atom is 0.226 e. The van der Waals surface area contributed by atoms with Gasteiger partial charge in [0, 0.05) is 24.7 Å². The Labute approximate surface area is 115 Å². The number of nitrogen functional groups attached to an aromatic ring is 1. The van der Waals surface area contributed by atoms with Crippen molar-refractivity contribution in [3.63, 3.8) is 0 Å². The summed E-state index contributed by atoms with van der Waals surface area (Å²) < 4.78 is 0. The van der Waals surface area contributed by atoms with Gasteiger partial charge in [-0.25, -0.2) is 0 Å². The summed E-state index contributed by atoms with van der Waals surface area (Å²) in [5.41, 5.74) is 7.60. The molecule has 19 heavy (non-hydrogen) atoms. The summed E-state index contributed by atoms with van der Waals surface area (Å²) in [6.07, 6.45) is 3.44. The van der Waals surface area contributed by atoms with Gasteiger partial charge in [-0.1, -0.05) is 25.5 Å². The van der Waals surface area contributed by atoms with Crippen LogP contribution in [0.15, 0.2) is 24.3 Å². The Kier molecular flexibility index (Phi) is 4.46. The van der Waals surface area contributed by atoms with Crippen LogP contribution < -0.4 is 5.73 Å². The molecule has 1 aliphatic carbocycles. The number of carbonyl (C=O) groups excluding carboxylic acids is 1. The van der Waals surface area contributed by atoms with Crippen molar-refractivity contribution in [1.82, 2.24) is 4.90 Å². The third-order valence-corrected chi connectivity index (χ3v) is 4.23. The minimum Gasteiger partial charge on any atom is -0.399 e. The molecule has 2 unspecified atom stereocenters. The van der Waals surface area contributed by atoms with Gasteiger partial charge < -0.3 is 10.6 Å². The maximum absolute atomic E-state index is 12.6. The monoisotopic (exact) mass is 260 g/mol. The Hall–Kier alpha value is -1.51. The van der Waals surface area contributed by atoms with Gasteiger partial charge in [0.2, 0.25) is 5.91 Å². The van der Waals surface area contributed by atoms with Crippen LogP contribution >= 0.6 is 0 Å². The zero-order chi connectivity index (χ0) is 13.8. The first-order valence-corrected chi connectivity index (χ1v) is 7.25. The number of carbonyl (C=O) groups is 1. The van der Waals surface area contributed by atoms with Gasteiger partial charge in [0.25, 0.3) is 0 Å². The zero-order valence-corrected chi connectivity index (χ0v) is 11.9. The van der Waals surface area contributed by atoms with Gasteiger partial charge in [-0.2, -0.15) is 0 Å². The second-order valence-electron chi connectivity index (χ2n) is 5.61. The highest BCUT2D eigenvalue weighted by atomic mass is 16.2.